The number of ketones is 1. The zero-order valence-corrected chi connectivity index (χ0v) is 6.05. The van der Waals surface area contributed by atoms with E-state index in [1.165, 1.54) is 0 Å². The first-order valence-electron chi connectivity index (χ1n) is 3.63. The van der Waals surface area contributed by atoms with Gasteiger partial charge >= 0.3 is 0 Å². The molecule has 54 valence electrons. The second-order valence-electron chi connectivity index (χ2n) is 2.70. The average Bonchev–Trinajstić information content (AvgIpc) is 1.88. The average molecular weight is 136 g/mol. The van der Waals surface area contributed by atoms with E-state index in [9.17, 15) is 4.79 Å². The molecule has 0 saturated heterocycles. The van der Waals surface area contributed by atoms with Crippen LogP contribution in [0, 0.1) is 5.92 Å². The lowest BCUT2D eigenvalue weighted by Crippen LogP contribution is -2.09. The number of carbonyl (C=O) groups is 1. The highest BCUT2D eigenvalue weighted by atomic mass is 16.1. The maximum atomic E-state index is 10.8. The third-order valence-electron chi connectivity index (χ3n) is 1.76. The van der Waals surface area contributed by atoms with Gasteiger partial charge in [-0.1, -0.05) is 12.2 Å². The maximum absolute atomic E-state index is 10.8. The minimum absolute atomic E-state index is 0.262. The summed E-state index contributed by atoms with van der Waals surface area (Å²) in [6.07, 6.45) is 8.24. The van der Waals surface area contributed by atoms with E-state index in [1.807, 2.05) is 12.2 Å². The molecular formula is C9H12O. The summed E-state index contributed by atoms with van der Waals surface area (Å²) in [5.41, 5.74) is 0. The molecule has 0 fully saturated rings. The molecule has 0 N–H and O–H groups in total. The first-order chi connectivity index (χ1) is 4.83. The molecule has 1 heteroatoms. The third kappa shape index (κ3) is 1.83. The van der Waals surface area contributed by atoms with E-state index in [1.54, 1.807) is 6.08 Å². The summed E-state index contributed by atoms with van der Waals surface area (Å²) in [4.78, 5) is 10.8. The summed E-state index contributed by atoms with van der Waals surface area (Å²) in [6, 6.07) is 0. The van der Waals surface area contributed by atoms with Gasteiger partial charge in [0.1, 0.15) is 0 Å². The topological polar surface area (TPSA) is 17.1 Å². The molecule has 0 spiro atoms. The molecule has 0 aromatic carbocycles. The van der Waals surface area contributed by atoms with Gasteiger partial charge in [-0.25, -0.2) is 0 Å². The summed E-state index contributed by atoms with van der Waals surface area (Å²) in [6.45, 7) is 3.64. The molecule has 1 aliphatic carbocycles. The molecule has 1 atom stereocenters. The minimum Gasteiger partial charge on any atom is -0.295 e. The van der Waals surface area contributed by atoms with E-state index in [2.05, 4.69) is 6.58 Å². The van der Waals surface area contributed by atoms with Crippen molar-refractivity contribution < 1.29 is 4.79 Å². The Morgan fingerprint density at radius 2 is 2.60 bits per heavy atom. The van der Waals surface area contributed by atoms with Crippen LogP contribution in [-0.4, -0.2) is 5.78 Å². The Labute approximate surface area is 61.4 Å². The van der Waals surface area contributed by atoms with Crippen LogP contribution in [0.2, 0.25) is 0 Å². The van der Waals surface area contributed by atoms with Crippen LogP contribution in [0.4, 0.5) is 0 Å². The van der Waals surface area contributed by atoms with E-state index >= 15 is 0 Å². The molecule has 0 radical (unpaired) electrons. The lowest BCUT2D eigenvalue weighted by atomic mass is 9.91. The second-order valence-corrected chi connectivity index (χ2v) is 2.70. The van der Waals surface area contributed by atoms with Crippen molar-refractivity contribution in [2.24, 2.45) is 5.92 Å². The Morgan fingerprint density at radius 1 is 1.80 bits per heavy atom. The zero-order chi connectivity index (χ0) is 7.40. The normalized spacial score (nSPS) is 24.8. The summed E-state index contributed by atoms with van der Waals surface area (Å²) in [7, 11) is 0. The molecular weight excluding hydrogens is 124 g/mol. The van der Waals surface area contributed by atoms with Gasteiger partial charge < -0.3 is 0 Å². The van der Waals surface area contributed by atoms with Crippen molar-refractivity contribution in [2.45, 2.75) is 19.3 Å². The fraction of sp³-hybridized carbons (Fsp3) is 0.444. The van der Waals surface area contributed by atoms with Crippen LogP contribution in [0.1, 0.15) is 19.3 Å². The Hall–Kier alpha value is -0.850. The van der Waals surface area contributed by atoms with Crippen LogP contribution in [-0.2, 0) is 4.79 Å². The Bertz CT molecular complexity index is 168. The summed E-state index contributed by atoms with van der Waals surface area (Å²) >= 11 is 0. The largest absolute Gasteiger partial charge is 0.295 e. The molecule has 1 nitrogen and oxygen atoms in total. The number of rotatable bonds is 2. The number of carbonyl (C=O) groups excluding carboxylic acids is 1. The molecule has 10 heavy (non-hydrogen) atoms. The molecule has 0 heterocycles. The Balaban J connectivity index is 2.43. The summed E-state index contributed by atoms with van der Waals surface area (Å²) < 4.78 is 0. The van der Waals surface area contributed by atoms with Gasteiger partial charge in [0.2, 0.25) is 0 Å². The molecule has 1 aliphatic rings. The van der Waals surface area contributed by atoms with E-state index in [0.29, 0.717) is 12.3 Å². The summed E-state index contributed by atoms with van der Waals surface area (Å²) in [5.74, 6) is 0.785. The molecule has 0 aromatic rings. The Kier molecular flexibility index (Phi) is 2.43. The Morgan fingerprint density at radius 3 is 3.20 bits per heavy atom. The maximum Gasteiger partial charge on any atom is 0.155 e. The van der Waals surface area contributed by atoms with Gasteiger partial charge in [-0.3, -0.25) is 4.79 Å². The SMILES string of the molecule is C=CC[C@@H]1CC=CC(=O)C1. The first kappa shape index (κ1) is 7.26. The number of hydrogen-bond acceptors (Lipinski definition) is 1. The van der Waals surface area contributed by atoms with E-state index < -0.39 is 0 Å². The number of allylic oxidation sites excluding steroid dienone is 3. The standard InChI is InChI=1S/C9H12O/c1-2-4-8-5-3-6-9(10)7-8/h2-3,6,8H,1,4-5,7H2/t8-/m1/s1. The van der Waals surface area contributed by atoms with E-state index in [-0.39, 0.29) is 5.78 Å². The van der Waals surface area contributed by atoms with Gasteiger partial charge in [-0.15, -0.1) is 6.58 Å². The predicted octanol–water partition coefficient (Wildman–Crippen LogP) is 2.10. The van der Waals surface area contributed by atoms with Crippen molar-refractivity contribution in [3.05, 3.63) is 24.8 Å². The van der Waals surface area contributed by atoms with Crippen molar-refractivity contribution >= 4 is 5.78 Å². The van der Waals surface area contributed by atoms with E-state index in [4.69, 9.17) is 0 Å². The van der Waals surface area contributed by atoms with Crippen molar-refractivity contribution in [2.75, 3.05) is 0 Å². The van der Waals surface area contributed by atoms with Gasteiger partial charge in [-0.2, -0.15) is 0 Å². The van der Waals surface area contributed by atoms with Gasteiger partial charge in [0.25, 0.3) is 0 Å². The quantitative estimate of drug-likeness (QED) is 0.531. The second kappa shape index (κ2) is 3.35. The van der Waals surface area contributed by atoms with Crippen LogP contribution >= 0.6 is 0 Å². The highest BCUT2D eigenvalue weighted by Crippen LogP contribution is 2.19. The lowest BCUT2D eigenvalue weighted by Gasteiger charge is -2.13. The van der Waals surface area contributed by atoms with Gasteiger partial charge in [0, 0.05) is 6.42 Å². The van der Waals surface area contributed by atoms with Crippen molar-refractivity contribution in [3.8, 4) is 0 Å². The molecule has 0 bridgehead atoms. The molecule has 0 aromatic heterocycles. The third-order valence-corrected chi connectivity index (χ3v) is 1.76. The van der Waals surface area contributed by atoms with Crippen LogP contribution in [0.15, 0.2) is 24.8 Å². The summed E-state index contributed by atoms with van der Waals surface area (Å²) in [5, 5.41) is 0. The van der Waals surface area contributed by atoms with Crippen LogP contribution in [0.5, 0.6) is 0 Å². The fourth-order valence-electron chi connectivity index (χ4n) is 1.24. The molecule has 0 aliphatic heterocycles. The van der Waals surface area contributed by atoms with Crippen LogP contribution in [0.25, 0.3) is 0 Å². The van der Waals surface area contributed by atoms with Crippen LogP contribution < -0.4 is 0 Å². The van der Waals surface area contributed by atoms with Crippen LogP contribution in [0.3, 0.4) is 0 Å². The highest BCUT2D eigenvalue weighted by molar-refractivity contribution is 5.90. The highest BCUT2D eigenvalue weighted by Gasteiger charge is 2.12. The van der Waals surface area contributed by atoms with Crippen molar-refractivity contribution in [1.29, 1.82) is 0 Å². The molecule has 0 saturated carbocycles. The number of hydrogen-bond donors (Lipinski definition) is 0. The molecule has 1 rings (SSSR count). The minimum atomic E-state index is 0.262. The lowest BCUT2D eigenvalue weighted by molar-refractivity contribution is -0.115. The van der Waals surface area contributed by atoms with Gasteiger partial charge in [-0.05, 0) is 24.8 Å². The smallest absolute Gasteiger partial charge is 0.155 e. The molecule has 0 unspecified atom stereocenters. The van der Waals surface area contributed by atoms with E-state index in [0.717, 1.165) is 12.8 Å². The fourth-order valence-corrected chi connectivity index (χ4v) is 1.24. The first-order valence-corrected chi connectivity index (χ1v) is 3.63. The molecule has 0 amide bonds. The monoisotopic (exact) mass is 136 g/mol. The van der Waals surface area contributed by atoms with Crippen molar-refractivity contribution in [3.63, 3.8) is 0 Å². The van der Waals surface area contributed by atoms with Gasteiger partial charge in [0.15, 0.2) is 5.78 Å². The zero-order valence-electron chi connectivity index (χ0n) is 6.05. The van der Waals surface area contributed by atoms with Crippen molar-refractivity contribution in [1.82, 2.24) is 0 Å². The van der Waals surface area contributed by atoms with Gasteiger partial charge in [0.05, 0.1) is 0 Å². The predicted molar refractivity (Wildman–Crippen MR) is 41.7 cm³/mol.